The molecule has 0 amide bonds. The van der Waals surface area contributed by atoms with E-state index in [0.717, 1.165) is 5.75 Å². The third kappa shape index (κ3) is 3.36. The van der Waals surface area contributed by atoms with E-state index in [1.54, 1.807) is 10.4 Å². The zero-order valence-corrected chi connectivity index (χ0v) is 16.7. The second-order valence-corrected chi connectivity index (χ2v) is 9.15. The Balaban J connectivity index is 0.000000960. The molecule has 0 saturated heterocycles. The number of methoxy groups -OCH3 is 1. The molecule has 2 aliphatic carbocycles. The summed E-state index contributed by atoms with van der Waals surface area (Å²) in [5, 5.41) is 0. The van der Waals surface area contributed by atoms with Crippen molar-refractivity contribution in [2.75, 3.05) is 7.11 Å². The van der Waals surface area contributed by atoms with Crippen molar-refractivity contribution in [2.24, 2.45) is 0 Å². The van der Waals surface area contributed by atoms with E-state index < -0.39 is 23.2 Å². The van der Waals surface area contributed by atoms with Crippen LogP contribution < -0.4 is 29.6 Å². The van der Waals surface area contributed by atoms with Crippen LogP contribution in [0.5, 0.6) is 5.75 Å². The molecule has 4 heteroatoms. The summed E-state index contributed by atoms with van der Waals surface area (Å²) in [6.45, 7) is 0. The van der Waals surface area contributed by atoms with Crippen LogP contribution in [0.1, 0.15) is 21.2 Å². The van der Waals surface area contributed by atoms with Crippen LogP contribution in [0.3, 0.4) is 0 Å². The summed E-state index contributed by atoms with van der Waals surface area (Å²) in [6.07, 6.45) is 8.00. The molecule has 0 aliphatic heterocycles. The van der Waals surface area contributed by atoms with Gasteiger partial charge in [-0.3, -0.25) is 0 Å². The molecule has 0 aromatic heterocycles. The maximum absolute atomic E-state index is 5.45. The van der Waals surface area contributed by atoms with E-state index in [-0.39, 0.29) is 24.8 Å². The average Bonchev–Trinajstić information content (AvgIpc) is 3.15. The van der Waals surface area contributed by atoms with Crippen LogP contribution in [-0.2, 0) is 23.2 Å². The molecule has 0 fully saturated rings. The van der Waals surface area contributed by atoms with Crippen molar-refractivity contribution in [1.29, 1.82) is 0 Å². The van der Waals surface area contributed by atoms with Gasteiger partial charge in [0.05, 0.1) is 0 Å². The molecule has 23 heavy (non-hydrogen) atoms. The smallest absolute Gasteiger partial charge is 1.00 e. The number of ether oxygens (including phenoxy) is 1. The van der Waals surface area contributed by atoms with Crippen molar-refractivity contribution < 1.29 is 52.8 Å². The van der Waals surface area contributed by atoms with Gasteiger partial charge in [-0.2, -0.15) is 0 Å². The van der Waals surface area contributed by atoms with Gasteiger partial charge in [-0.25, -0.2) is 0 Å². The van der Waals surface area contributed by atoms with Crippen LogP contribution in [0.4, 0.5) is 0 Å². The number of fused-ring (bicyclic) bond motifs is 3. The third-order valence-corrected chi connectivity index (χ3v) is 8.29. The Bertz CT molecular complexity index is 768. The van der Waals surface area contributed by atoms with Crippen LogP contribution in [0, 0.1) is 0 Å². The third-order valence-electron chi connectivity index (χ3n) is 4.23. The van der Waals surface area contributed by atoms with Gasteiger partial charge < -0.3 is 24.8 Å². The number of hydrogen-bond acceptors (Lipinski definition) is 1. The van der Waals surface area contributed by atoms with Crippen molar-refractivity contribution >= 4 is 0 Å². The predicted octanol–water partition coefficient (Wildman–Crippen LogP) is -1.30. The first kappa shape index (κ1) is 18.5. The number of allylic oxidation sites excluding steroid dienone is 4. The van der Waals surface area contributed by atoms with Crippen LogP contribution >= 0.6 is 0 Å². The Morgan fingerprint density at radius 1 is 1.00 bits per heavy atom. The van der Waals surface area contributed by atoms with Gasteiger partial charge >= 0.3 is 137 Å². The van der Waals surface area contributed by atoms with E-state index in [4.69, 9.17) is 4.74 Å². The number of rotatable bonds is 3. The monoisotopic (exact) mass is 420 g/mol. The molecule has 0 spiro atoms. The Labute approximate surface area is 161 Å². The van der Waals surface area contributed by atoms with Crippen molar-refractivity contribution in [1.82, 2.24) is 0 Å². The van der Waals surface area contributed by atoms with E-state index in [1.165, 1.54) is 28.7 Å². The molecule has 0 N–H and O–H groups in total. The van der Waals surface area contributed by atoms with Gasteiger partial charge in [-0.05, 0) is 0 Å². The summed E-state index contributed by atoms with van der Waals surface area (Å²) < 4.78 is 7.76. The van der Waals surface area contributed by atoms with Crippen molar-refractivity contribution in [3.63, 3.8) is 0 Å². The summed E-state index contributed by atoms with van der Waals surface area (Å²) >= 11 is -0.655. The minimum absolute atomic E-state index is 0. The summed E-state index contributed by atoms with van der Waals surface area (Å²) in [7, 11) is 1.75. The maximum atomic E-state index is 5.45. The number of hydrogen-bond donors (Lipinski definition) is 0. The fourth-order valence-electron chi connectivity index (χ4n) is 3.21. The van der Waals surface area contributed by atoms with Gasteiger partial charge in [0.2, 0.25) is 0 Å². The average molecular weight is 422 g/mol. The zero-order chi connectivity index (χ0) is 14.2. The molecule has 116 valence electrons. The molecule has 2 aromatic carbocycles. The molecule has 0 heterocycles. The van der Waals surface area contributed by atoms with Crippen LogP contribution in [0.15, 0.2) is 64.0 Å². The maximum Gasteiger partial charge on any atom is -1.00 e. The molecule has 1 atom stereocenters. The quantitative estimate of drug-likeness (QED) is 0.598. The first-order valence-corrected chi connectivity index (χ1v) is 9.91. The molecule has 0 saturated carbocycles. The van der Waals surface area contributed by atoms with Crippen molar-refractivity contribution in [3.05, 3.63) is 75.1 Å². The van der Waals surface area contributed by atoms with Gasteiger partial charge in [0.25, 0.3) is 0 Å². The van der Waals surface area contributed by atoms with Crippen LogP contribution in [0.2, 0.25) is 0 Å². The molecule has 0 bridgehead atoms. The SMILES string of the molecule is COc1ccc2c(c1)[CH]([Zr+2][C]1=CC=CC1)c1ccccc1-2.[Cl-].[Cl-]. The molecule has 2 aromatic rings. The molecule has 1 unspecified atom stereocenters. The van der Waals surface area contributed by atoms with E-state index in [0.29, 0.717) is 3.63 Å². The Kier molecular flexibility index (Phi) is 6.31. The summed E-state index contributed by atoms with van der Waals surface area (Å²) in [4.78, 5) is 0. The predicted molar refractivity (Wildman–Crippen MR) is 82.1 cm³/mol. The standard InChI is InChI=1S/C14H11O.C5H5.2ClH.Zr/c1-15-12-6-7-14-11(9-12)8-10-4-2-3-5-13(10)14;1-2-4-5-3-1;;;/h2-9H,1H3;1-3H,4H2;2*1H;/q;;;;+2/p-2. The second-order valence-electron chi connectivity index (χ2n) is 5.44. The van der Waals surface area contributed by atoms with Gasteiger partial charge in [0.1, 0.15) is 0 Å². The summed E-state index contributed by atoms with van der Waals surface area (Å²) in [5.74, 6) is 0.976. The van der Waals surface area contributed by atoms with Gasteiger partial charge in [0.15, 0.2) is 0 Å². The zero-order valence-electron chi connectivity index (χ0n) is 12.7. The molecular formula is C19H16Cl2OZr. The Morgan fingerprint density at radius 2 is 1.78 bits per heavy atom. The molecular weight excluding hydrogens is 406 g/mol. The summed E-state index contributed by atoms with van der Waals surface area (Å²) in [5.41, 5.74) is 5.84. The minimum Gasteiger partial charge on any atom is -1.00 e. The first-order chi connectivity index (χ1) is 10.4. The topological polar surface area (TPSA) is 9.23 Å². The number of benzene rings is 2. The van der Waals surface area contributed by atoms with Crippen LogP contribution in [-0.4, -0.2) is 7.11 Å². The van der Waals surface area contributed by atoms with Gasteiger partial charge in [-0.1, -0.05) is 0 Å². The molecule has 0 radical (unpaired) electrons. The molecule has 1 nitrogen and oxygen atoms in total. The largest absolute Gasteiger partial charge is 1.00 e. The molecule has 2 aliphatic rings. The minimum atomic E-state index is -0.655. The second kappa shape index (κ2) is 7.84. The Morgan fingerprint density at radius 3 is 2.52 bits per heavy atom. The van der Waals surface area contributed by atoms with Crippen molar-refractivity contribution in [2.45, 2.75) is 10.0 Å². The van der Waals surface area contributed by atoms with E-state index in [9.17, 15) is 0 Å². The van der Waals surface area contributed by atoms with E-state index in [1.807, 2.05) is 0 Å². The fraction of sp³-hybridized carbons (Fsp3) is 0.158. The van der Waals surface area contributed by atoms with E-state index in [2.05, 4.69) is 60.7 Å². The normalized spacial score (nSPS) is 16.4. The van der Waals surface area contributed by atoms with Gasteiger partial charge in [0, 0.05) is 0 Å². The Hall–Kier alpha value is -0.817. The first-order valence-electron chi connectivity index (χ1n) is 7.26. The van der Waals surface area contributed by atoms with Gasteiger partial charge in [-0.15, -0.1) is 0 Å². The summed E-state index contributed by atoms with van der Waals surface area (Å²) in [6, 6.07) is 15.5. The van der Waals surface area contributed by atoms with E-state index >= 15 is 0 Å². The number of halogens is 2. The van der Waals surface area contributed by atoms with Crippen molar-refractivity contribution in [3.8, 4) is 16.9 Å². The fourth-order valence-corrected chi connectivity index (χ4v) is 7.14. The van der Waals surface area contributed by atoms with Crippen LogP contribution in [0.25, 0.3) is 11.1 Å². The molecule has 4 rings (SSSR count).